The molecule has 0 aromatic heterocycles. The minimum atomic E-state index is -1.24. The van der Waals surface area contributed by atoms with E-state index in [1.165, 1.54) is 0 Å². The van der Waals surface area contributed by atoms with E-state index in [4.69, 9.17) is 9.47 Å². The molecule has 20 heavy (non-hydrogen) atoms. The smallest absolute Gasteiger partial charge is 0.210 e. The number of aliphatic hydroxyl groups is 1. The number of Topliss-reactive ketones (excluding diaryl/α,β-unsaturated/α-hetero) is 1. The van der Waals surface area contributed by atoms with Crippen molar-refractivity contribution in [1.82, 2.24) is 0 Å². The summed E-state index contributed by atoms with van der Waals surface area (Å²) in [6.07, 6.45) is 1.25. The van der Waals surface area contributed by atoms with E-state index in [1.54, 1.807) is 0 Å². The van der Waals surface area contributed by atoms with Gasteiger partial charge in [-0.2, -0.15) is 0 Å². The molecule has 0 amide bonds. The quantitative estimate of drug-likeness (QED) is 0.861. The topological polar surface area (TPSA) is 55.8 Å². The summed E-state index contributed by atoms with van der Waals surface area (Å²) in [7, 11) is 0. The number of carbonyl (C=O) groups is 1. The first kappa shape index (κ1) is 15.4. The van der Waals surface area contributed by atoms with Gasteiger partial charge in [0.2, 0.25) is 11.5 Å². The van der Waals surface area contributed by atoms with E-state index >= 15 is 0 Å². The van der Waals surface area contributed by atoms with E-state index in [2.05, 4.69) is 0 Å². The van der Waals surface area contributed by atoms with Gasteiger partial charge in [-0.25, -0.2) is 0 Å². The molecule has 4 heteroatoms. The van der Waals surface area contributed by atoms with Crippen LogP contribution < -0.4 is 0 Å². The number of fused-ring (bicyclic) bond motifs is 1. The second kappa shape index (κ2) is 4.76. The lowest BCUT2D eigenvalue weighted by atomic mass is 9.74. The third-order valence-electron chi connectivity index (χ3n) is 4.60. The summed E-state index contributed by atoms with van der Waals surface area (Å²) in [4.78, 5) is 12.8. The standard InChI is InChI=1S/C16H26O4/c1-9(2)19-12-13(17)15(6)8-7-11(5)16(15,18)14(12)20-10(3)4/h9-11,18H,7-8H2,1-6H3/t11-,15-,16-/m1/s1. The molecule has 1 N–H and O–H groups in total. The summed E-state index contributed by atoms with van der Waals surface area (Å²) in [5.74, 6) is 0.441. The first-order valence-corrected chi connectivity index (χ1v) is 7.49. The maximum Gasteiger partial charge on any atom is 0.210 e. The Kier molecular flexibility index (Phi) is 3.66. The Hall–Kier alpha value is -1.03. The zero-order valence-electron chi connectivity index (χ0n) is 13.3. The molecule has 2 aliphatic carbocycles. The Bertz CT molecular complexity index is 451. The van der Waals surface area contributed by atoms with Gasteiger partial charge in [0.15, 0.2) is 5.76 Å². The number of carbonyl (C=O) groups excluding carboxylic acids is 1. The molecule has 0 bridgehead atoms. The van der Waals surface area contributed by atoms with Gasteiger partial charge in [0, 0.05) is 0 Å². The highest BCUT2D eigenvalue weighted by Crippen LogP contribution is 2.60. The first-order chi connectivity index (χ1) is 9.14. The van der Waals surface area contributed by atoms with Gasteiger partial charge in [-0.15, -0.1) is 0 Å². The molecule has 0 aromatic carbocycles. The summed E-state index contributed by atoms with van der Waals surface area (Å²) >= 11 is 0. The zero-order valence-corrected chi connectivity index (χ0v) is 13.3. The van der Waals surface area contributed by atoms with Crippen LogP contribution in [0.3, 0.4) is 0 Å². The van der Waals surface area contributed by atoms with Crippen molar-refractivity contribution in [3.63, 3.8) is 0 Å². The van der Waals surface area contributed by atoms with E-state index in [9.17, 15) is 9.90 Å². The van der Waals surface area contributed by atoms with Crippen molar-refractivity contribution in [2.24, 2.45) is 11.3 Å². The van der Waals surface area contributed by atoms with Crippen LogP contribution in [0.2, 0.25) is 0 Å². The predicted molar refractivity (Wildman–Crippen MR) is 75.9 cm³/mol. The summed E-state index contributed by atoms with van der Waals surface area (Å²) in [6, 6.07) is 0. The van der Waals surface area contributed by atoms with Gasteiger partial charge in [-0.05, 0) is 53.4 Å². The Morgan fingerprint density at radius 1 is 1.20 bits per heavy atom. The van der Waals surface area contributed by atoms with Gasteiger partial charge in [0.1, 0.15) is 5.60 Å². The largest absolute Gasteiger partial charge is 0.488 e. The number of hydrogen-bond acceptors (Lipinski definition) is 4. The average molecular weight is 282 g/mol. The Labute approximate surface area is 121 Å². The van der Waals surface area contributed by atoms with E-state index in [0.717, 1.165) is 6.42 Å². The molecule has 0 spiro atoms. The number of allylic oxidation sites excluding steroid dienone is 1. The molecule has 0 heterocycles. The number of ether oxygens (including phenoxy) is 2. The fraction of sp³-hybridized carbons (Fsp3) is 0.812. The minimum absolute atomic E-state index is 0.0153. The van der Waals surface area contributed by atoms with Gasteiger partial charge in [-0.1, -0.05) is 6.92 Å². The van der Waals surface area contributed by atoms with E-state index < -0.39 is 11.0 Å². The molecular weight excluding hydrogens is 256 g/mol. The summed E-state index contributed by atoms with van der Waals surface area (Å²) in [5.41, 5.74) is -2.06. The highest BCUT2D eigenvalue weighted by Gasteiger charge is 2.69. The fourth-order valence-electron chi connectivity index (χ4n) is 3.46. The number of ketones is 1. The highest BCUT2D eigenvalue weighted by atomic mass is 16.5. The average Bonchev–Trinajstić information content (AvgIpc) is 2.65. The Morgan fingerprint density at radius 2 is 1.75 bits per heavy atom. The lowest BCUT2D eigenvalue weighted by molar-refractivity contribution is -0.137. The number of hydrogen-bond donors (Lipinski definition) is 1. The monoisotopic (exact) mass is 282 g/mol. The van der Waals surface area contributed by atoms with Crippen LogP contribution in [0.4, 0.5) is 0 Å². The highest BCUT2D eigenvalue weighted by molar-refractivity contribution is 6.03. The van der Waals surface area contributed by atoms with Gasteiger partial charge < -0.3 is 14.6 Å². The van der Waals surface area contributed by atoms with Crippen LogP contribution >= 0.6 is 0 Å². The zero-order chi connectivity index (χ0) is 15.3. The molecular formula is C16H26O4. The molecule has 0 aliphatic heterocycles. The van der Waals surface area contributed by atoms with Gasteiger partial charge in [0.25, 0.3) is 0 Å². The third-order valence-corrected chi connectivity index (χ3v) is 4.60. The van der Waals surface area contributed by atoms with Crippen LogP contribution in [-0.2, 0) is 14.3 Å². The van der Waals surface area contributed by atoms with Crippen molar-refractivity contribution in [1.29, 1.82) is 0 Å². The maximum absolute atomic E-state index is 12.8. The van der Waals surface area contributed by atoms with Crippen LogP contribution in [0.25, 0.3) is 0 Å². The minimum Gasteiger partial charge on any atom is -0.488 e. The van der Waals surface area contributed by atoms with Crippen LogP contribution in [0.15, 0.2) is 11.5 Å². The predicted octanol–water partition coefficient (Wildman–Crippen LogP) is 2.80. The molecule has 2 rings (SSSR count). The van der Waals surface area contributed by atoms with Crippen LogP contribution in [0.1, 0.15) is 54.4 Å². The van der Waals surface area contributed by atoms with Gasteiger partial charge in [-0.3, -0.25) is 4.79 Å². The molecule has 4 nitrogen and oxygen atoms in total. The van der Waals surface area contributed by atoms with Gasteiger partial charge >= 0.3 is 0 Å². The van der Waals surface area contributed by atoms with Crippen molar-refractivity contribution in [2.75, 3.05) is 0 Å². The molecule has 0 saturated heterocycles. The van der Waals surface area contributed by atoms with Crippen molar-refractivity contribution in [3.8, 4) is 0 Å². The van der Waals surface area contributed by atoms with Crippen LogP contribution in [0, 0.1) is 11.3 Å². The van der Waals surface area contributed by atoms with E-state index in [-0.39, 0.29) is 29.7 Å². The van der Waals surface area contributed by atoms with Crippen molar-refractivity contribution in [3.05, 3.63) is 11.5 Å². The number of rotatable bonds is 4. The van der Waals surface area contributed by atoms with Crippen molar-refractivity contribution >= 4 is 5.78 Å². The van der Waals surface area contributed by atoms with Crippen LogP contribution in [0.5, 0.6) is 0 Å². The second-order valence-electron chi connectivity index (χ2n) is 6.86. The SMILES string of the molecule is CC(C)OC1=C(OC(C)C)[C@]2(O)[C@H](C)CC[C@]2(C)C1=O. The van der Waals surface area contributed by atoms with E-state index in [0.29, 0.717) is 12.2 Å². The molecule has 0 radical (unpaired) electrons. The van der Waals surface area contributed by atoms with Crippen LogP contribution in [-0.4, -0.2) is 28.7 Å². The molecule has 0 aromatic rings. The van der Waals surface area contributed by atoms with Crippen molar-refractivity contribution < 1.29 is 19.4 Å². The molecule has 3 atom stereocenters. The summed E-state index contributed by atoms with van der Waals surface area (Å²) < 4.78 is 11.5. The molecule has 0 unspecified atom stereocenters. The van der Waals surface area contributed by atoms with E-state index in [1.807, 2.05) is 41.5 Å². The first-order valence-electron chi connectivity index (χ1n) is 7.49. The molecule has 2 aliphatic rings. The Morgan fingerprint density at radius 3 is 2.25 bits per heavy atom. The van der Waals surface area contributed by atoms with Crippen molar-refractivity contribution in [2.45, 2.75) is 72.2 Å². The fourth-order valence-corrected chi connectivity index (χ4v) is 3.46. The second-order valence-corrected chi connectivity index (χ2v) is 6.86. The molecule has 114 valence electrons. The third kappa shape index (κ3) is 1.88. The van der Waals surface area contributed by atoms with Gasteiger partial charge in [0.05, 0.1) is 17.6 Å². The lowest BCUT2D eigenvalue weighted by Gasteiger charge is -2.36. The molecule has 1 fully saturated rings. The lowest BCUT2D eigenvalue weighted by Crippen LogP contribution is -2.47. The summed E-state index contributed by atoms with van der Waals surface area (Å²) in [5, 5.41) is 11.2. The normalized spacial score (nSPS) is 37.0. The molecule has 1 saturated carbocycles. The summed E-state index contributed by atoms with van der Waals surface area (Å²) in [6.45, 7) is 11.3. The maximum atomic E-state index is 12.8. The Balaban J connectivity index is 2.55.